The Morgan fingerprint density at radius 1 is 0.917 bits per heavy atom. The van der Waals surface area contributed by atoms with Crippen LogP contribution in [0.4, 0.5) is 5.69 Å². The molecule has 0 unspecified atom stereocenters. The number of hydrogen-bond acceptors (Lipinski definition) is 3. The SMILES string of the molecule is CCOc1ccc(NC(=O)CCC(=O)c2ccc(CC)cc2)cc1. The Morgan fingerprint density at radius 3 is 2.17 bits per heavy atom. The van der Waals surface area contributed by atoms with E-state index < -0.39 is 0 Å². The molecule has 0 radical (unpaired) electrons. The number of carbonyl (C=O) groups is 2. The Labute approximate surface area is 142 Å². The number of ketones is 1. The molecule has 126 valence electrons. The highest BCUT2D eigenvalue weighted by Gasteiger charge is 2.09. The number of hydrogen-bond donors (Lipinski definition) is 1. The van der Waals surface area contributed by atoms with Gasteiger partial charge < -0.3 is 10.1 Å². The molecule has 4 heteroatoms. The largest absolute Gasteiger partial charge is 0.494 e. The zero-order valence-electron chi connectivity index (χ0n) is 14.2. The fourth-order valence-electron chi connectivity index (χ4n) is 2.32. The number of amides is 1. The second-order valence-corrected chi connectivity index (χ2v) is 5.48. The van der Waals surface area contributed by atoms with Crippen molar-refractivity contribution in [3.05, 3.63) is 59.7 Å². The van der Waals surface area contributed by atoms with Gasteiger partial charge in [0.15, 0.2) is 5.78 Å². The van der Waals surface area contributed by atoms with Crippen LogP contribution in [0.25, 0.3) is 0 Å². The van der Waals surface area contributed by atoms with E-state index in [0.717, 1.165) is 12.2 Å². The molecule has 1 N–H and O–H groups in total. The molecule has 0 bridgehead atoms. The van der Waals surface area contributed by atoms with Gasteiger partial charge in [0.05, 0.1) is 6.61 Å². The Bertz CT molecular complexity index is 675. The standard InChI is InChI=1S/C20H23NO3/c1-3-15-5-7-16(8-6-15)19(22)13-14-20(23)21-17-9-11-18(12-10-17)24-4-2/h5-12H,3-4,13-14H2,1-2H3,(H,21,23). The molecule has 0 atom stereocenters. The van der Waals surface area contributed by atoms with Gasteiger partial charge in [-0.25, -0.2) is 0 Å². The molecule has 0 saturated heterocycles. The molecule has 2 rings (SSSR count). The summed E-state index contributed by atoms with van der Waals surface area (Å²) in [6.45, 7) is 4.59. The molecule has 0 aliphatic carbocycles. The first-order valence-corrected chi connectivity index (χ1v) is 8.27. The van der Waals surface area contributed by atoms with E-state index in [0.29, 0.717) is 17.9 Å². The molecule has 0 heterocycles. The molecule has 2 aromatic rings. The minimum atomic E-state index is -0.169. The lowest BCUT2D eigenvalue weighted by atomic mass is 10.0. The summed E-state index contributed by atoms with van der Waals surface area (Å²) in [5.41, 5.74) is 2.55. The van der Waals surface area contributed by atoms with E-state index in [1.807, 2.05) is 31.2 Å². The molecule has 24 heavy (non-hydrogen) atoms. The average molecular weight is 325 g/mol. The van der Waals surface area contributed by atoms with Crippen molar-refractivity contribution in [3.63, 3.8) is 0 Å². The summed E-state index contributed by atoms with van der Waals surface area (Å²) in [7, 11) is 0. The van der Waals surface area contributed by atoms with E-state index in [1.165, 1.54) is 5.56 Å². The highest BCUT2D eigenvalue weighted by Crippen LogP contribution is 2.16. The Hall–Kier alpha value is -2.62. The summed E-state index contributed by atoms with van der Waals surface area (Å²) < 4.78 is 5.35. The van der Waals surface area contributed by atoms with Crippen molar-refractivity contribution in [2.45, 2.75) is 33.1 Å². The lowest BCUT2D eigenvalue weighted by molar-refractivity contribution is -0.116. The normalized spacial score (nSPS) is 10.2. The monoisotopic (exact) mass is 325 g/mol. The van der Waals surface area contributed by atoms with E-state index in [1.54, 1.807) is 24.3 Å². The smallest absolute Gasteiger partial charge is 0.224 e. The van der Waals surface area contributed by atoms with Gasteiger partial charge in [-0.05, 0) is 43.2 Å². The van der Waals surface area contributed by atoms with Crippen LogP contribution in [0, 0.1) is 0 Å². The van der Waals surface area contributed by atoms with E-state index >= 15 is 0 Å². The molecule has 0 spiro atoms. The summed E-state index contributed by atoms with van der Waals surface area (Å²) in [6, 6.07) is 14.7. The van der Waals surface area contributed by atoms with Crippen LogP contribution >= 0.6 is 0 Å². The molecule has 0 aliphatic rings. The summed E-state index contributed by atoms with van der Waals surface area (Å²) >= 11 is 0. The topological polar surface area (TPSA) is 55.4 Å². The lowest BCUT2D eigenvalue weighted by Gasteiger charge is -2.07. The third-order valence-corrected chi connectivity index (χ3v) is 3.71. The zero-order chi connectivity index (χ0) is 17.4. The minimum Gasteiger partial charge on any atom is -0.494 e. The molecule has 0 aliphatic heterocycles. The van der Waals surface area contributed by atoms with E-state index in [-0.39, 0.29) is 24.5 Å². The highest BCUT2D eigenvalue weighted by atomic mass is 16.5. The summed E-state index contributed by atoms with van der Waals surface area (Å²) in [5, 5.41) is 2.79. The van der Waals surface area contributed by atoms with Crippen molar-refractivity contribution >= 4 is 17.4 Å². The summed E-state index contributed by atoms with van der Waals surface area (Å²) in [6.07, 6.45) is 1.31. The molecule has 4 nitrogen and oxygen atoms in total. The minimum absolute atomic E-state index is 0.0144. The predicted octanol–water partition coefficient (Wildman–Crippen LogP) is 4.25. The van der Waals surface area contributed by atoms with Crippen molar-refractivity contribution in [1.82, 2.24) is 0 Å². The van der Waals surface area contributed by atoms with Gasteiger partial charge in [0.25, 0.3) is 0 Å². The molecule has 0 fully saturated rings. The zero-order valence-corrected chi connectivity index (χ0v) is 14.2. The van der Waals surface area contributed by atoms with E-state index in [2.05, 4.69) is 12.2 Å². The summed E-state index contributed by atoms with van der Waals surface area (Å²) in [5.74, 6) is 0.582. The number of Topliss-reactive ketones (excluding diaryl/α,β-unsaturated/α-hetero) is 1. The molecule has 2 aromatic carbocycles. The van der Waals surface area contributed by atoms with Crippen molar-refractivity contribution in [2.24, 2.45) is 0 Å². The first kappa shape index (κ1) is 17.7. The Kier molecular flexibility index (Phi) is 6.55. The van der Waals surface area contributed by atoms with Gasteiger partial charge >= 0.3 is 0 Å². The quantitative estimate of drug-likeness (QED) is 0.738. The van der Waals surface area contributed by atoms with Crippen LogP contribution < -0.4 is 10.1 Å². The van der Waals surface area contributed by atoms with Crippen molar-refractivity contribution in [1.29, 1.82) is 0 Å². The number of nitrogens with one attached hydrogen (secondary N) is 1. The van der Waals surface area contributed by atoms with Crippen LogP contribution in [0.15, 0.2) is 48.5 Å². The molecule has 0 aromatic heterocycles. The van der Waals surface area contributed by atoms with Gasteiger partial charge in [-0.15, -0.1) is 0 Å². The van der Waals surface area contributed by atoms with Gasteiger partial charge in [-0.2, -0.15) is 0 Å². The van der Waals surface area contributed by atoms with Gasteiger partial charge in [0.2, 0.25) is 5.91 Å². The fourth-order valence-corrected chi connectivity index (χ4v) is 2.32. The van der Waals surface area contributed by atoms with Gasteiger partial charge in [0.1, 0.15) is 5.75 Å². The van der Waals surface area contributed by atoms with E-state index in [9.17, 15) is 9.59 Å². The van der Waals surface area contributed by atoms with Crippen LogP contribution in [0.2, 0.25) is 0 Å². The predicted molar refractivity (Wildman–Crippen MR) is 95.6 cm³/mol. The Morgan fingerprint density at radius 2 is 1.58 bits per heavy atom. The number of carbonyl (C=O) groups excluding carboxylic acids is 2. The van der Waals surface area contributed by atoms with Gasteiger partial charge in [-0.3, -0.25) is 9.59 Å². The van der Waals surface area contributed by atoms with Crippen LogP contribution in [-0.4, -0.2) is 18.3 Å². The summed E-state index contributed by atoms with van der Waals surface area (Å²) in [4.78, 5) is 24.1. The van der Waals surface area contributed by atoms with Crippen molar-refractivity contribution in [3.8, 4) is 5.75 Å². The maximum absolute atomic E-state index is 12.1. The van der Waals surface area contributed by atoms with Gasteiger partial charge in [0, 0.05) is 24.1 Å². The number of anilines is 1. The molecular weight excluding hydrogens is 302 g/mol. The van der Waals surface area contributed by atoms with Crippen LogP contribution in [0.5, 0.6) is 5.75 Å². The number of rotatable bonds is 8. The van der Waals surface area contributed by atoms with Crippen LogP contribution in [-0.2, 0) is 11.2 Å². The fraction of sp³-hybridized carbons (Fsp3) is 0.300. The third-order valence-electron chi connectivity index (χ3n) is 3.71. The molecule has 1 amide bonds. The maximum atomic E-state index is 12.1. The second kappa shape index (κ2) is 8.87. The molecule has 0 saturated carbocycles. The highest BCUT2D eigenvalue weighted by molar-refractivity contribution is 6.00. The molecular formula is C20H23NO3. The third kappa shape index (κ3) is 5.23. The van der Waals surface area contributed by atoms with Crippen LogP contribution in [0.3, 0.4) is 0 Å². The number of benzene rings is 2. The van der Waals surface area contributed by atoms with E-state index in [4.69, 9.17) is 4.74 Å². The Balaban J connectivity index is 1.82. The lowest BCUT2D eigenvalue weighted by Crippen LogP contribution is -2.13. The average Bonchev–Trinajstić information content (AvgIpc) is 2.61. The first-order chi connectivity index (χ1) is 11.6. The first-order valence-electron chi connectivity index (χ1n) is 8.27. The second-order valence-electron chi connectivity index (χ2n) is 5.48. The number of aryl methyl sites for hydroxylation is 1. The van der Waals surface area contributed by atoms with Gasteiger partial charge in [-0.1, -0.05) is 31.2 Å². The maximum Gasteiger partial charge on any atom is 0.224 e. The van der Waals surface area contributed by atoms with Crippen molar-refractivity contribution < 1.29 is 14.3 Å². The van der Waals surface area contributed by atoms with Crippen molar-refractivity contribution in [2.75, 3.05) is 11.9 Å². The van der Waals surface area contributed by atoms with Crippen LogP contribution in [0.1, 0.15) is 42.6 Å². The number of ether oxygens (including phenoxy) is 1.